The molecule has 1 aliphatic rings. The van der Waals surface area contributed by atoms with E-state index in [0.29, 0.717) is 6.04 Å². The normalized spacial score (nSPS) is 22.4. The Bertz CT molecular complexity index is 313. The predicted molar refractivity (Wildman–Crippen MR) is 56.4 cm³/mol. The molecular weight excluding hydrogens is 176 g/mol. The summed E-state index contributed by atoms with van der Waals surface area (Å²) >= 11 is 0. The Morgan fingerprint density at radius 1 is 1.57 bits per heavy atom. The summed E-state index contributed by atoms with van der Waals surface area (Å²) in [7, 11) is 0. The summed E-state index contributed by atoms with van der Waals surface area (Å²) in [5.41, 5.74) is 1.17. The zero-order valence-corrected chi connectivity index (χ0v) is 8.70. The smallest absolute Gasteiger partial charge is 0.151 e. The van der Waals surface area contributed by atoms with Gasteiger partial charge in [-0.25, -0.2) is 0 Å². The lowest BCUT2D eigenvalue weighted by Gasteiger charge is -2.34. The third-order valence-electron chi connectivity index (χ3n) is 2.57. The molecule has 1 N–H and O–H groups in total. The van der Waals surface area contributed by atoms with E-state index < -0.39 is 0 Å². The first-order chi connectivity index (χ1) is 6.77. The monoisotopic (exact) mass is 192 g/mol. The number of rotatable bonds is 1. The summed E-state index contributed by atoms with van der Waals surface area (Å²) in [5, 5.41) is 11.5. The second-order valence-electron chi connectivity index (χ2n) is 3.84. The first-order valence-electron chi connectivity index (χ1n) is 5.04. The maximum Gasteiger partial charge on any atom is 0.151 e. The number of piperazine rings is 1. The van der Waals surface area contributed by atoms with Gasteiger partial charge in [-0.05, 0) is 25.5 Å². The Kier molecular flexibility index (Phi) is 2.63. The number of anilines is 1. The molecule has 1 saturated heterocycles. The summed E-state index contributed by atoms with van der Waals surface area (Å²) in [6.45, 7) is 7.32. The molecule has 0 aromatic carbocycles. The van der Waals surface area contributed by atoms with Gasteiger partial charge in [0.05, 0.1) is 6.20 Å². The molecule has 0 aliphatic carbocycles. The van der Waals surface area contributed by atoms with Crippen molar-refractivity contribution in [2.24, 2.45) is 0 Å². The Labute approximate surface area is 84.3 Å². The molecule has 0 spiro atoms. The van der Waals surface area contributed by atoms with Gasteiger partial charge in [-0.3, -0.25) is 0 Å². The van der Waals surface area contributed by atoms with Gasteiger partial charge in [0, 0.05) is 25.7 Å². The molecule has 1 unspecified atom stereocenters. The van der Waals surface area contributed by atoms with E-state index in [2.05, 4.69) is 33.4 Å². The van der Waals surface area contributed by atoms with E-state index in [4.69, 9.17) is 0 Å². The van der Waals surface area contributed by atoms with Gasteiger partial charge in [-0.1, -0.05) is 0 Å². The van der Waals surface area contributed by atoms with Gasteiger partial charge >= 0.3 is 0 Å². The standard InChI is InChI=1S/C10H16N4/c1-8-5-10(13-12-6-8)14-4-3-11-7-9(14)2/h5-6,9,11H,3-4,7H2,1-2H3. The molecule has 1 aromatic rings. The quantitative estimate of drug-likeness (QED) is 0.707. The molecule has 4 heteroatoms. The number of aryl methyl sites for hydroxylation is 1. The van der Waals surface area contributed by atoms with Crippen molar-refractivity contribution in [2.45, 2.75) is 19.9 Å². The van der Waals surface area contributed by atoms with Crippen LogP contribution in [0, 0.1) is 6.92 Å². The lowest BCUT2D eigenvalue weighted by atomic mass is 10.2. The van der Waals surface area contributed by atoms with Crippen LogP contribution in [-0.2, 0) is 0 Å². The summed E-state index contributed by atoms with van der Waals surface area (Å²) in [5.74, 6) is 0.999. The largest absolute Gasteiger partial charge is 0.350 e. The van der Waals surface area contributed by atoms with E-state index in [1.165, 1.54) is 5.56 Å². The third kappa shape index (κ3) is 1.85. The third-order valence-corrected chi connectivity index (χ3v) is 2.57. The molecule has 0 radical (unpaired) electrons. The van der Waals surface area contributed by atoms with Crippen LogP contribution >= 0.6 is 0 Å². The molecule has 1 atom stereocenters. The van der Waals surface area contributed by atoms with Crippen LogP contribution < -0.4 is 10.2 Å². The van der Waals surface area contributed by atoms with Gasteiger partial charge in [-0.2, -0.15) is 5.10 Å². The van der Waals surface area contributed by atoms with Crippen molar-refractivity contribution in [1.82, 2.24) is 15.5 Å². The zero-order valence-electron chi connectivity index (χ0n) is 8.70. The van der Waals surface area contributed by atoms with E-state index >= 15 is 0 Å². The van der Waals surface area contributed by atoms with Crippen molar-refractivity contribution in [3.05, 3.63) is 17.8 Å². The molecule has 1 aromatic heterocycles. The maximum atomic E-state index is 4.16. The van der Waals surface area contributed by atoms with Crippen LogP contribution in [0.25, 0.3) is 0 Å². The molecule has 1 fully saturated rings. The summed E-state index contributed by atoms with van der Waals surface area (Å²) in [6.07, 6.45) is 1.79. The molecule has 2 heterocycles. The Balaban J connectivity index is 2.20. The molecule has 0 saturated carbocycles. The number of nitrogens with one attached hydrogen (secondary N) is 1. The van der Waals surface area contributed by atoms with Crippen molar-refractivity contribution in [2.75, 3.05) is 24.5 Å². The summed E-state index contributed by atoms with van der Waals surface area (Å²) < 4.78 is 0. The first-order valence-corrected chi connectivity index (χ1v) is 5.04. The van der Waals surface area contributed by atoms with Crippen LogP contribution in [-0.4, -0.2) is 35.9 Å². The van der Waals surface area contributed by atoms with Crippen LogP contribution in [0.1, 0.15) is 12.5 Å². The lowest BCUT2D eigenvalue weighted by molar-refractivity contribution is 0.495. The highest BCUT2D eigenvalue weighted by molar-refractivity contribution is 5.40. The van der Waals surface area contributed by atoms with Gasteiger partial charge in [0.1, 0.15) is 0 Å². The van der Waals surface area contributed by atoms with Crippen molar-refractivity contribution in [3.63, 3.8) is 0 Å². The molecule has 14 heavy (non-hydrogen) atoms. The van der Waals surface area contributed by atoms with Crippen LogP contribution in [0.3, 0.4) is 0 Å². The second kappa shape index (κ2) is 3.92. The predicted octanol–water partition coefficient (Wildman–Crippen LogP) is 0.583. The van der Waals surface area contributed by atoms with Gasteiger partial charge < -0.3 is 10.2 Å². The fraction of sp³-hybridized carbons (Fsp3) is 0.600. The summed E-state index contributed by atoms with van der Waals surface area (Å²) in [6, 6.07) is 2.59. The lowest BCUT2D eigenvalue weighted by Crippen LogP contribution is -2.50. The number of hydrogen-bond donors (Lipinski definition) is 1. The molecule has 2 rings (SSSR count). The van der Waals surface area contributed by atoms with Crippen LogP contribution in [0.4, 0.5) is 5.82 Å². The SMILES string of the molecule is Cc1cnnc(N2CCNCC2C)c1. The first kappa shape index (κ1) is 9.40. The Hall–Kier alpha value is -1.16. The summed E-state index contributed by atoms with van der Waals surface area (Å²) in [4.78, 5) is 2.30. The molecular formula is C10H16N4. The maximum absolute atomic E-state index is 4.16. The molecule has 0 amide bonds. The van der Waals surface area contributed by atoms with E-state index in [1.807, 2.05) is 6.92 Å². The molecule has 4 nitrogen and oxygen atoms in total. The topological polar surface area (TPSA) is 41.1 Å². The van der Waals surface area contributed by atoms with Gasteiger partial charge in [-0.15, -0.1) is 5.10 Å². The minimum absolute atomic E-state index is 0.500. The highest BCUT2D eigenvalue weighted by atomic mass is 15.3. The van der Waals surface area contributed by atoms with Crippen molar-refractivity contribution in [3.8, 4) is 0 Å². The second-order valence-corrected chi connectivity index (χ2v) is 3.84. The fourth-order valence-corrected chi connectivity index (χ4v) is 1.77. The van der Waals surface area contributed by atoms with Crippen molar-refractivity contribution < 1.29 is 0 Å². The number of hydrogen-bond acceptors (Lipinski definition) is 4. The van der Waals surface area contributed by atoms with E-state index in [-0.39, 0.29) is 0 Å². The number of nitrogens with zero attached hydrogens (tertiary/aromatic N) is 3. The Morgan fingerprint density at radius 3 is 3.14 bits per heavy atom. The molecule has 0 bridgehead atoms. The number of aromatic nitrogens is 2. The van der Waals surface area contributed by atoms with E-state index in [0.717, 1.165) is 25.5 Å². The van der Waals surface area contributed by atoms with E-state index in [9.17, 15) is 0 Å². The highest BCUT2D eigenvalue weighted by Crippen LogP contribution is 2.15. The average Bonchev–Trinajstić information content (AvgIpc) is 2.18. The van der Waals surface area contributed by atoms with Gasteiger partial charge in [0.15, 0.2) is 5.82 Å². The highest BCUT2D eigenvalue weighted by Gasteiger charge is 2.19. The molecule has 1 aliphatic heterocycles. The van der Waals surface area contributed by atoms with Crippen LogP contribution in [0.15, 0.2) is 12.3 Å². The van der Waals surface area contributed by atoms with Crippen LogP contribution in [0.5, 0.6) is 0 Å². The van der Waals surface area contributed by atoms with Gasteiger partial charge in [0.2, 0.25) is 0 Å². The minimum atomic E-state index is 0.500. The Morgan fingerprint density at radius 2 is 2.43 bits per heavy atom. The van der Waals surface area contributed by atoms with Crippen molar-refractivity contribution in [1.29, 1.82) is 0 Å². The van der Waals surface area contributed by atoms with Gasteiger partial charge in [0.25, 0.3) is 0 Å². The molecule has 76 valence electrons. The van der Waals surface area contributed by atoms with Crippen LogP contribution in [0.2, 0.25) is 0 Å². The average molecular weight is 192 g/mol. The van der Waals surface area contributed by atoms with E-state index in [1.54, 1.807) is 6.20 Å². The van der Waals surface area contributed by atoms with Crippen molar-refractivity contribution >= 4 is 5.82 Å². The zero-order chi connectivity index (χ0) is 9.97. The fourth-order valence-electron chi connectivity index (χ4n) is 1.77. The minimum Gasteiger partial charge on any atom is -0.350 e.